The van der Waals surface area contributed by atoms with Crippen molar-refractivity contribution in [3.8, 4) is 11.5 Å². The molecule has 0 unspecified atom stereocenters. The highest BCUT2D eigenvalue weighted by Crippen LogP contribution is 2.48. The van der Waals surface area contributed by atoms with E-state index in [-0.39, 0.29) is 46.0 Å². The molecule has 5 aromatic rings. The maximum absolute atomic E-state index is 12.4. The van der Waals surface area contributed by atoms with Gasteiger partial charge < -0.3 is 21.7 Å². The van der Waals surface area contributed by atoms with Crippen LogP contribution in [0.4, 0.5) is 149 Å². The molecule has 0 aliphatic heterocycles. The van der Waals surface area contributed by atoms with Crippen molar-refractivity contribution < 1.29 is 142 Å². The maximum atomic E-state index is 12.4. The van der Waals surface area contributed by atoms with Gasteiger partial charge in [-0.2, -0.15) is 132 Å². The molecule has 40 heteroatoms. The molecular formula is C43H18Cl3F30IN4O2. The molecule has 0 aliphatic rings. The van der Waals surface area contributed by atoms with Gasteiger partial charge in [0.25, 0.3) is 0 Å². The Balaban J connectivity index is 0.000000519. The van der Waals surface area contributed by atoms with Crippen LogP contribution >= 0.6 is 57.4 Å². The maximum Gasteiger partial charge on any atom is 0.419 e. The zero-order chi connectivity index (χ0) is 65.7. The molecule has 5 aromatic carbocycles. The van der Waals surface area contributed by atoms with Gasteiger partial charge >= 0.3 is 61.8 Å². The van der Waals surface area contributed by atoms with Crippen LogP contribution in [0.3, 0.4) is 0 Å². The number of alkyl halides is 30. The summed E-state index contributed by atoms with van der Waals surface area (Å²) in [5.41, 5.74) is -9.27. The summed E-state index contributed by atoms with van der Waals surface area (Å²) >= 11 is 17.0. The van der Waals surface area contributed by atoms with Crippen molar-refractivity contribution in [3.05, 3.63) is 163 Å². The van der Waals surface area contributed by atoms with E-state index in [1.165, 1.54) is 22.6 Å². The first-order valence-electron chi connectivity index (χ1n) is 19.6. The first-order chi connectivity index (χ1) is 36.8. The molecule has 6 nitrogen and oxygen atoms in total. The van der Waals surface area contributed by atoms with E-state index in [2.05, 4.69) is 9.69 Å². The molecule has 6 N–H and O–H groups in total. The van der Waals surface area contributed by atoms with Crippen LogP contribution < -0.4 is 11.5 Å². The Bertz CT molecular complexity index is 3020. The van der Waals surface area contributed by atoms with Gasteiger partial charge in [-0.15, -0.1) is 0 Å². The van der Waals surface area contributed by atoms with E-state index in [9.17, 15) is 132 Å². The van der Waals surface area contributed by atoms with Gasteiger partial charge in [0.2, 0.25) is 11.4 Å². The lowest BCUT2D eigenvalue weighted by Crippen LogP contribution is -2.13. The molecule has 83 heavy (non-hydrogen) atoms. The number of nitrogens with zero attached hydrogens (tertiary/aromatic N) is 2. The van der Waals surface area contributed by atoms with Crippen molar-refractivity contribution >= 4 is 74.5 Å². The minimum absolute atomic E-state index is 0.00446. The molecule has 0 atom stereocenters. The fraction of sp³-hybridized carbons (Fsp3) is 0.256. The Morgan fingerprint density at radius 3 is 0.940 bits per heavy atom. The van der Waals surface area contributed by atoms with E-state index in [0.29, 0.717) is 18.2 Å². The highest BCUT2D eigenvalue weighted by Gasteiger charge is 2.44. The third-order valence-electron chi connectivity index (χ3n) is 9.09. The molecule has 0 aliphatic carbocycles. The van der Waals surface area contributed by atoms with Crippen LogP contribution in [-0.4, -0.2) is 10.2 Å². The summed E-state index contributed by atoms with van der Waals surface area (Å²) < 4.78 is 369. The predicted octanol–water partition coefficient (Wildman–Crippen LogP) is 20.7. The van der Waals surface area contributed by atoms with Gasteiger partial charge in [0.15, 0.2) is 0 Å². The highest BCUT2D eigenvalue weighted by molar-refractivity contribution is 14.1. The molecule has 0 heterocycles. The molecule has 0 amide bonds. The molecule has 0 saturated heterocycles. The Labute approximate surface area is 469 Å². The summed E-state index contributed by atoms with van der Waals surface area (Å²) in [5, 5.41) is 15.5. The van der Waals surface area contributed by atoms with Crippen LogP contribution in [0.5, 0.6) is 11.5 Å². The number of nitrogen functional groups attached to an aromatic ring is 1. The number of halogens is 34. The number of nitrogens with two attached hydrogens (primary N) is 2. The normalized spacial score (nSPS) is 12.7. The smallest absolute Gasteiger partial charge is 0.419 e. The molecular weight excluding hydrogens is 1410 g/mol. The standard InChI is InChI=1S/C9H2ClF6N.C9H3F6NO.C9H7F6NO.C8H2ClF6I.C8H4ClF6N/c1-17-6-3-4(8(11,12)13)2-5(7(6)10)9(14,15)16;1-16-6-3-4(8(10,11)12)2-5(7(6)17)9(13,14)15;10-8(11,12)5-1-4(3-16)7(17)6(2-5)9(13,14)15;2*9-6-4(8(13,14)15)1-3(2-5(6)16)7(10,11)12/h2-3H;2-3,17H;1-2,17H,3,16H2;1-2H;1-2H,16H2. The van der Waals surface area contributed by atoms with Crippen molar-refractivity contribution in [1.82, 2.24) is 0 Å². The van der Waals surface area contributed by atoms with Crippen LogP contribution in [-0.2, 0) is 68.3 Å². The van der Waals surface area contributed by atoms with E-state index in [0.717, 1.165) is 0 Å². The minimum Gasteiger partial charge on any atom is -0.518 e. The lowest BCUT2D eigenvalue weighted by Gasteiger charge is -2.15. The zero-order valence-electron chi connectivity index (χ0n) is 38.3. The lowest BCUT2D eigenvalue weighted by atomic mass is 10.0. The van der Waals surface area contributed by atoms with E-state index in [4.69, 9.17) is 69.6 Å². The van der Waals surface area contributed by atoms with Crippen LogP contribution in [0.15, 0.2) is 60.7 Å². The largest absolute Gasteiger partial charge is 0.518 e. The van der Waals surface area contributed by atoms with E-state index in [1.54, 1.807) is 0 Å². The first kappa shape index (κ1) is 75.0. The number of hydrogen-bond acceptors (Lipinski definition) is 4. The topological polar surface area (TPSA) is 101 Å². The number of benzene rings is 5. The number of aromatic hydroxyl groups is 2. The summed E-state index contributed by atoms with van der Waals surface area (Å²) in [6.45, 7) is 12.3. The molecule has 0 saturated carbocycles. The van der Waals surface area contributed by atoms with Crippen molar-refractivity contribution in [2.75, 3.05) is 5.73 Å². The van der Waals surface area contributed by atoms with Crippen molar-refractivity contribution in [2.24, 2.45) is 5.73 Å². The van der Waals surface area contributed by atoms with Gasteiger partial charge in [0, 0.05) is 26.8 Å². The highest BCUT2D eigenvalue weighted by atomic mass is 127. The quantitative estimate of drug-likeness (QED) is 0.0581. The number of rotatable bonds is 1. The average molecular weight is 1430 g/mol. The van der Waals surface area contributed by atoms with Crippen molar-refractivity contribution in [1.29, 1.82) is 0 Å². The summed E-state index contributed by atoms with van der Waals surface area (Å²) in [4.78, 5) is 4.95. The van der Waals surface area contributed by atoms with E-state index in [1.807, 2.05) is 0 Å². The molecule has 0 bridgehead atoms. The van der Waals surface area contributed by atoms with Gasteiger partial charge in [0.1, 0.15) is 11.5 Å². The molecule has 0 fully saturated rings. The number of phenols is 2. The average Bonchev–Trinajstić information content (AvgIpc) is 3.28. The SMILES string of the molecule is FC(F)(F)c1cc(I)c(Cl)c(C(F)(F)F)c1.NCc1cc(C(F)(F)F)cc(C(F)(F)F)c1O.Nc1cc(C(F)(F)F)cc(C(F)(F)F)c1Cl.[C-]#[N+]c1cc(C(F)(F)F)cc(C(F)(F)F)c1Cl.[C-]#[N+]c1cc(C(F)(F)F)cc(C(F)(F)F)c1O. The molecule has 460 valence electrons. The molecule has 0 spiro atoms. The fourth-order valence-electron chi connectivity index (χ4n) is 5.35. The molecule has 5 rings (SSSR count). The van der Waals surface area contributed by atoms with Crippen LogP contribution in [0.2, 0.25) is 15.1 Å². The van der Waals surface area contributed by atoms with E-state index >= 15 is 0 Å². The Kier molecular flexibility index (Phi) is 23.9. The summed E-state index contributed by atoms with van der Waals surface area (Å²) in [6, 6.07) is 1.21. The summed E-state index contributed by atoms with van der Waals surface area (Å²) in [5.74, 6) is -2.77. The zero-order valence-corrected chi connectivity index (χ0v) is 42.7. The van der Waals surface area contributed by atoms with Crippen LogP contribution in [0, 0.1) is 16.7 Å². The van der Waals surface area contributed by atoms with Crippen LogP contribution in [0.25, 0.3) is 9.69 Å². The fourth-order valence-corrected chi connectivity index (χ4v) is 6.67. The Morgan fingerprint density at radius 1 is 0.361 bits per heavy atom. The van der Waals surface area contributed by atoms with Gasteiger partial charge in [0.05, 0.1) is 78.4 Å². The number of anilines is 1. The monoisotopic (exact) mass is 1420 g/mol. The third kappa shape index (κ3) is 21.2. The molecule has 0 aromatic heterocycles. The number of phenolic OH excluding ortho intramolecular Hbond substituents is 2. The third-order valence-corrected chi connectivity index (χ3v) is 11.5. The van der Waals surface area contributed by atoms with Gasteiger partial charge in [-0.3, -0.25) is 0 Å². The van der Waals surface area contributed by atoms with Crippen molar-refractivity contribution in [3.63, 3.8) is 0 Å². The molecule has 0 radical (unpaired) electrons. The summed E-state index contributed by atoms with van der Waals surface area (Å²) in [6.07, 6.45) is -49.8. The summed E-state index contributed by atoms with van der Waals surface area (Å²) in [7, 11) is 0. The van der Waals surface area contributed by atoms with E-state index < -0.39 is 173 Å². The second-order valence-electron chi connectivity index (χ2n) is 14.9. The number of hydrogen-bond donors (Lipinski definition) is 4. The second kappa shape index (κ2) is 26.5. The van der Waals surface area contributed by atoms with Gasteiger partial charge in [-0.25, -0.2) is 9.69 Å². The van der Waals surface area contributed by atoms with Gasteiger partial charge in [-0.1, -0.05) is 34.8 Å². The predicted molar refractivity (Wildman–Crippen MR) is 238 cm³/mol. The minimum atomic E-state index is -5.16. The van der Waals surface area contributed by atoms with Crippen LogP contribution in [0.1, 0.15) is 61.2 Å². The Morgan fingerprint density at radius 2 is 0.627 bits per heavy atom. The Hall–Kier alpha value is -6.06. The second-order valence-corrected chi connectivity index (χ2v) is 17.2. The first-order valence-corrected chi connectivity index (χ1v) is 21.8. The van der Waals surface area contributed by atoms with Gasteiger partial charge in [-0.05, 0) is 83.3 Å². The lowest BCUT2D eigenvalue weighted by molar-refractivity contribution is -0.145. The van der Waals surface area contributed by atoms with Crippen molar-refractivity contribution in [2.45, 2.75) is 68.3 Å².